The lowest BCUT2D eigenvalue weighted by atomic mass is 10.1. The molecule has 1 aliphatic heterocycles. The highest BCUT2D eigenvalue weighted by Crippen LogP contribution is 2.24. The van der Waals surface area contributed by atoms with Crippen molar-refractivity contribution in [1.29, 1.82) is 0 Å². The first-order valence-corrected chi connectivity index (χ1v) is 6.37. The third-order valence-electron chi connectivity index (χ3n) is 3.44. The van der Waals surface area contributed by atoms with Gasteiger partial charge in [-0.25, -0.2) is 0 Å². The predicted octanol–water partition coefficient (Wildman–Crippen LogP) is 0.627. The summed E-state index contributed by atoms with van der Waals surface area (Å²) in [5.74, 6) is 0.0684. The maximum absolute atomic E-state index is 11.8. The summed E-state index contributed by atoms with van der Waals surface area (Å²) in [6.07, 6.45) is 2.10. The molecule has 0 unspecified atom stereocenters. The Morgan fingerprint density at radius 1 is 1.56 bits per heavy atom. The molecule has 0 aliphatic carbocycles. The minimum atomic E-state index is 0.0684. The van der Waals surface area contributed by atoms with Crippen LogP contribution in [-0.4, -0.2) is 48.7 Å². The number of nitrogens with zero attached hydrogens (tertiary/aromatic N) is 2. The maximum Gasteiger partial charge on any atom is 0.234 e. The number of carbonyl (C=O) groups is 1. The number of rotatable bonds is 5. The second-order valence-electron chi connectivity index (χ2n) is 4.62. The lowest BCUT2D eigenvalue weighted by Gasteiger charge is -2.34. The molecule has 1 aromatic rings. The van der Waals surface area contributed by atoms with Crippen LogP contribution in [0.3, 0.4) is 0 Å². The average Bonchev–Trinajstić information content (AvgIpc) is 2.82. The number of fused-ring (bicyclic) bond motifs is 1. The van der Waals surface area contributed by atoms with Crippen LogP contribution in [0.4, 0.5) is 0 Å². The maximum atomic E-state index is 11.8. The Hall–Kier alpha value is -1.33. The third kappa shape index (κ3) is 2.91. The van der Waals surface area contributed by atoms with Gasteiger partial charge in [0.05, 0.1) is 13.2 Å². The summed E-state index contributed by atoms with van der Waals surface area (Å²) in [6, 6.07) is 4.48. The van der Waals surface area contributed by atoms with Gasteiger partial charge in [0.25, 0.3) is 0 Å². The topological polar surface area (TPSA) is 46.5 Å². The molecule has 1 aliphatic rings. The van der Waals surface area contributed by atoms with Crippen molar-refractivity contribution in [2.24, 2.45) is 0 Å². The minimum Gasteiger partial charge on any atom is -0.383 e. The van der Waals surface area contributed by atoms with Gasteiger partial charge in [-0.15, -0.1) is 0 Å². The average molecular weight is 251 g/mol. The van der Waals surface area contributed by atoms with Crippen molar-refractivity contribution in [2.45, 2.75) is 19.5 Å². The molecule has 1 N–H and O–H groups in total. The van der Waals surface area contributed by atoms with Crippen LogP contribution in [0.1, 0.15) is 18.7 Å². The van der Waals surface area contributed by atoms with E-state index < -0.39 is 0 Å². The minimum absolute atomic E-state index is 0.0684. The first-order valence-electron chi connectivity index (χ1n) is 6.37. The molecular weight excluding hydrogens is 230 g/mol. The Balaban J connectivity index is 1.86. The highest BCUT2D eigenvalue weighted by molar-refractivity contribution is 5.78. The van der Waals surface area contributed by atoms with Crippen LogP contribution in [0.2, 0.25) is 0 Å². The summed E-state index contributed by atoms with van der Waals surface area (Å²) in [5.41, 5.74) is 1.28. The molecule has 1 atom stereocenters. The fourth-order valence-corrected chi connectivity index (χ4v) is 2.38. The second-order valence-corrected chi connectivity index (χ2v) is 4.62. The van der Waals surface area contributed by atoms with Gasteiger partial charge in [-0.3, -0.25) is 9.69 Å². The van der Waals surface area contributed by atoms with E-state index in [9.17, 15) is 4.79 Å². The van der Waals surface area contributed by atoms with E-state index in [2.05, 4.69) is 40.0 Å². The van der Waals surface area contributed by atoms with E-state index in [-0.39, 0.29) is 5.91 Å². The van der Waals surface area contributed by atoms with Crippen molar-refractivity contribution in [3.63, 3.8) is 0 Å². The van der Waals surface area contributed by atoms with E-state index in [1.165, 1.54) is 5.69 Å². The van der Waals surface area contributed by atoms with Crippen LogP contribution in [0.25, 0.3) is 0 Å². The number of carbonyl (C=O) groups excluding carboxylic acids is 1. The number of aromatic nitrogens is 1. The molecule has 18 heavy (non-hydrogen) atoms. The second kappa shape index (κ2) is 6.02. The van der Waals surface area contributed by atoms with Crippen LogP contribution in [0, 0.1) is 0 Å². The fourth-order valence-electron chi connectivity index (χ4n) is 2.38. The molecule has 5 nitrogen and oxygen atoms in total. The molecule has 2 rings (SSSR count). The fraction of sp³-hybridized carbons (Fsp3) is 0.615. The lowest BCUT2D eigenvalue weighted by molar-refractivity contribution is -0.123. The van der Waals surface area contributed by atoms with Gasteiger partial charge >= 0.3 is 0 Å². The molecule has 0 radical (unpaired) electrons. The molecule has 0 saturated heterocycles. The van der Waals surface area contributed by atoms with Crippen molar-refractivity contribution >= 4 is 5.91 Å². The Bertz CT molecular complexity index is 403. The van der Waals surface area contributed by atoms with Gasteiger partial charge in [-0.1, -0.05) is 0 Å². The molecule has 0 saturated carbocycles. The van der Waals surface area contributed by atoms with E-state index in [1.54, 1.807) is 7.11 Å². The normalized spacial score (nSPS) is 19.6. The largest absolute Gasteiger partial charge is 0.383 e. The molecular formula is C13H21N3O2. The van der Waals surface area contributed by atoms with Gasteiger partial charge in [0.2, 0.25) is 5.91 Å². The molecule has 100 valence electrons. The number of nitrogens with one attached hydrogen (secondary N) is 1. The van der Waals surface area contributed by atoms with E-state index in [0.717, 1.165) is 13.1 Å². The molecule has 2 heterocycles. The lowest BCUT2D eigenvalue weighted by Crippen LogP contribution is -2.43. The molecule has 0 fully saturated rings. The van der Waals surface area contributed by atoms with E-state index in [0.29, 0.717) is 25.7 Å². The van der Waals surface area contributed by atoms with Crippen LogP contribution in [0.15, 0.2) is 18.3 Å². The van der Waals surface area contributed by atoms with Crippen molar-refractivity contribution in [3.8, 4) is 0 Å². The highest BCUT2D eigenvalue weighted by Gasteiger charge is 2.24. The smallest absolute Gasteiger partial charge is 0.234 e. The van der Waals surface area contributed by atoms with Crippen LogP contribution in [0.5, 0.6) is 0 Å². The van der Waals surface area contributed by atoms with E-state index in [1.807, 2.05) is 0 Å². The van der Waals surface area contributed by atoms with Crippen molar-refractivity contribution in [3.05, 3.63) is 24.0 Å². The number of hydrogen-bond acceptors (Lipinski definition) is 3. The summed E-state index contributed by atoms with van der Waals surface area (Å²) in [6.45, 7) is 5.61. The first kappa shape index (κ1) is 13.1. The quantitative estimate of drug-likeness (QED) is 0.781. The summed E-state index contributed by atoms with van der Waals surface area (Å²) in [7, 11) is 1.63. The third-order valence-corrected chi connectivity index (χ3v) is 3.44. The molecule has 0 spiro atoms. The van der Waals surface area contributed by atoms with Gasteiger partial charge in [0, 0.05) is 44.7 Å². The Kier molecular flexibility index (Phi) is 4.38. The molecule has 0 bridgehead atoms. The molecule has 1 amide bonds. The number of ether oxygens (including phenoxy) is 1. The summed E-state index contributed by atoms with van der Waals surface area (Å²) in [4.78, 5) is 14.0. The van der Waals surface area contributed by atoms with Crippen molar-refractivity contribution < 1.29 is 9.53 Å². The standard InChI is InChI=1S/C13H21N3O2/c1-11-12-4-3-6-15(12)7-8-16(11)10-13(17)14-5-9-18-2/h3-4,6,11H,5,7-10H2,1-2H3,(H,14,17)/t11-/m0/s1. The summed E-state index contributed by atoms with van der Waals surface area (Å²) in [5, 5.41) is 2.86. The number of methoxy groups -OCH3 is 1. The monoisotopic (exact) mass is 251 g/mol. The zero-order chi connectivity index (χ0) is 13.0. The van der Waals surface area contributed by atoms with E-state index in [4.69, 9.17) is 4.74 Å². The van der Waals surface area contributed by atoms with Crippen molar-refractivity contribution in [2.75, 3.05) is 33.4 Å². The Labute approximate surface area is 108 Å². The van der Waals surface area contributed by atoms with Gasteiger partial charge in [-0.2, -0.15) is 0 Å². The van der Waals surface area contributed by atoms with Crippen LogP contribution in [-0.2, 0) is 16.1 Å². The van der Waals surface area contributed by atoms with Gasteiger partial charge in [0.15, 0.2) is 0 Å². The zero-order valence-electron chi connectivity index (χ0n) is 11.1. The van der Waals surface area contributed by atoms with Crippen LogP contribution < -0.4 is 5.32 Å². The summed E-state index contributed by atoms with van der Waals surface area (Å²) < 4.78 is 7.16. The summed E-state index contributed by atoms with van der Waals surface area (Å²) >= 11 is 0. The van der Waals surface area contributed by atoms with Gasteiger partial charge < -0.3 is 14.6 Å². The molecule has 5 heteroatoms. The molecule has 1 aromatic heterocycles. The number of hydrogen-bond donors (Lipinski definition) is 1. The number of amides is 1. The van der Waals surface area contributed by atoms with Crippen molar-refractivity contribution in [1.82, 2.24) is 14.8 Å². The Morgan fingerprint density at radius 3 is 3.17 bits per heavy atom. The van der Waals surface area contributed by atoms with Gasteiger partial charge in [0.1, 0.15) is 0 Å². The van der Waals surface area contributed by atoms with Crippen LogP contribution >= 0.6 is 0 Å². The predicted molar refractivity (Wildman–Crippen MR) is 69.3 cm³/mol. The molecule has 0 aromatic carbocycles. The SMILES string of the molecule is COCCNC(=O)CN1CCn2cccc2[C@@H]1C. The first-order chi connectivity index (χ1) is 8.72. The van der Waals surface area contributed by atoms with E-state index >= 15 is 0 Å². The zero-order valence-corrected chi connectivity index (χ0v) is 11.1. The Morgan fingerprint density at radius 2 is 2.39 bits per heavy atom. The van der Waals surface area contributed by atoms with Gasteiger partial charge in [-0.05, 0) is 19.1 Å². The highest BCUT2D eigenvalue weighted by atomic mass is 16.5.